The van der Waals surface area contributed by atoms with Crippen molar-refractivity contribution in [3.05, 3.63) is 59.4 Å². The smallest absolute Gasteiger partial charge is 0.248 e. The minimum absolute atomic E-state index is 0.00600. The van der Waals surface area contributed by atoms with Gasteiger partial charge in [-0.15, -0.1) is 0 Å². The topological polar surface area (TPSA) is 60.2 Å². The molecule has 0 aliphatic heterocycles. The molecule has 0 spiro atoms. The number of hydrogen-bond donors (Lipinski definition) is 1. The zero-order chi connectivity index (χ0) is 13.1. The Bertz CT molecular complexity index is 606. The molecule has 18 heavy (non-hydrogen) atoms. The monoisotopic (exact) mass is 243 g/mol. The highest BCUT2D eigenvalue weighted by Gasteiger charge is 2.09. The number of benzene rings is 2. The molecule has 0 aliphatic carbocycles. The van der Waals surface area contributed by atoms with Crippen LogP contribution in [0.4, 0.5) is 4.39 Å². The predicted octanol–water partition coefficient (Wildman–Crippen LogP) is 2.40. The molecule has 0 atom stereocenters. The highest BCUT2D eigenvalue weighted by molar-refractivity contribution is 5.93. The molecule has 2 aromatic rings. The van der Waals surface area contributed by atoms with Crippen LogP contribution in [0.3, 0.4) is 0 Å². The molecule has 2 aromatic carbocycles. The van der Waals surface area contributed by atoms with Gasteiger partial charge in [-0.25, -0.2) is 4.39 Å². The third kappa shape index (κ3) is 2.13. The molecule has 3 nitrogen and oxygen atoms in total. The van der Waals surface area contributed by atoms with Gasteiger partial charge in [0.25, 0.3) is 0 Å². The Labute approximate surface area is 103 Å². The summed E-state index contributed by atoms with van der Waals surface area (Å²) in [6.45, 7) is 0. The predicted molar refractivity (Wildman–Crippen MR) is 65.7 cm³/mol. The van der Waals surface area contributed by atoms with E-state index in [4.69, 9.17) is 5.73 Å². The van der Waals surface area contributed by atoms with E-state index in [1.165, 1.54) is 18.2 Å². The van der Waals surface area contributed by atoms with E-state index in [1.807, 2.05) is 0 Å². The number of amides is 1. The fraction of sp³-hybridized carbons (Fsp3) is 0. The standard InChI is InChI=1S/C14H10FNO2/c15-13-11(8-17)2-1-3-12(13)9-4-6-10(7-5-9)14(16)18/h1-8H,(H2,16,18). The van der Waals surface area contributed by atoms with Crippen LogP contribution in [-0.2, 0) is 0 Å². The van der Waals surface area contributed by atoms with Crippen molar-refractivity contribution in [2.45, 2.75) is 0 Å². The summed E-state index contributed by atoms with van der Waals surface area (Å²) in [6, 6.07) is 10.8. The Hall–Kier alpha value is -2.49. The maximum absolute atomic E-state index is 13.9. The van der Waals surface area contributed by atoms with Crippen LogP contribution in [0.25, 0.3) is 11.1 Å². The van der Waals surface area contributed by atoms with Crippen molar-refractivity contribution in [1.29, 1.82) is 0 Å². The summed E-state index contributed by atoms with van der Waals surface area (Å²) in [4.78, 5) is 21.6. The van der Waals surface area contributed by atoms with Crippen molar-refractivity contribution in [3.8, 4) is 11.1 Å². The Morgan fingerprint density at radius 1 is 1.11 bits per heavy atom. The van der Waals surface area contributed by atoms with Gasteiger partial charge in [-0.1, -0.05) is 24.3 Å². The van der Waals surface area contributed by atoms with Crippen LogP contribution in [0.5, 0.6) is 0 Å². The van der Waals surface area contributed by atoms with Crippen LogP contribution in [0.15, 0.2) is 42.5 Å². The Balaban J connectivity index is 2.49. The van der Waals surface area contributed by atoms with E-state index in [1.54, 1.807) is 24.3 Å². The summed E-state index contributed by atoms with van der Waals surface area (Å²) in [5.41, 5.74) is 6.38. The zero-order valence-electron chi connectivity index (χ0n) is 9.39. The lowest BCUT2D eigenvalue weighted by Gasteiger charge is -2.05. The van der Waals surface area contributed by atoms with Gasteiger partial charge >= 0.3 is 0 Å². The summed E-state index contributed by atoms with van der Waals surface area (Å²) in [7, 11) is 0. The van der Waals surface area contributed by atoms with Crippen molar-refractivity contribution >= 4 is 12.2 Å². The third-order valence-corrected chi connectivity index (χ3v) is 2.64. The van der Waals surface area contributed by atoms with Crippen LogP contribution in [0.2, 0.25) is 0 Å². The summed E-state index contributed by atoms with van der Waals surface area (Å²) in [5, 5.41) is 0. The largest absolute Gasteiger partial charge is 0.366 e. The van der Waals surface area contributed by atoms with E-state index in [0.717, 1.165) is 0 Å². The van der Waals surface area contributed by atoms with Gasteiger partial charge in [-0.05, 0) is 23.8 Å². The molecule has 0 fully saturated rings. The maximum Gasteiger partial charge on any atom is 0.248 e. The van der Waals surface area contributed by atoms with Crippen LogP contribution >= 0.6 is 0 Å². The SMILES string of the molecule is NC(=O)c1ccc(-c2cccc(C=O)c2F)cc1. The molecule has 0 heterocycles. The molecule has 0 aliphatic rings. The maximum atomic E-state index is 13.9. The van der Waals surface area contributed by atoms with E-state index in [0.29, 0.717) is 23.0 Å². The minimum atomic E-state index is -0.570. The van der Waals surface area contributed by atoms with Gasteiger partial charge in [0.15, 0.2) is 6.29 Å². The van der Waals surface area contributed by atoms with Gasteiger partial charge < -0.3 is 5.73 Å². The minimum Gasteiger partial charge on any atom is -0.366 e. The number of halogens is 1. The number of primary amides is 1. The van der Waals surface area contributed by atoms with Gasteiger partial charge in [0, 0.05) is 11.1 Å². The van der Waals surface area contributed by atoms with Crippen molar-refractivity contribution < 1.29 is 14.0 Å². The van der Waals surface area contributed by atoms with Gasteiger partial charge in [-0.3, -0.25) is 9.59 Å². The lowest BCUT2D eigenvalue weighted by Crippen LogP contribution is -2.10. The fourth-order valence-electron chi connectivity index (χ4n) is 1.68. The van der Waals surface area contributed by atoms with Crippen LogP contribution < -0.4 is 5.73 Å². The lowest BCUT2D eigenvalue weighted by atomic mass is 10.0. The number of rotatable bonds is 3. The average Bonchev–Trinajstić information content (AvgIpc) is 2.39. The van der Waals surface area contributed by atoms with Crippen LogP contribution in [0, 0.1) is 5.82 Å². The lowest BCUT2D eigenvalue weighted by molar-refractivity contribution is 0.1000. The number of nitrogens with two attached hydrogens (primary N) is 1. The summed E-state index contributed by atoms with van der Waals surface area (Å²) < 4.78 is 13.9. The normalized spacial score (nSPS) is 10.1. The molecule has 90 valence electrons. The molecule has 4 heteroatoms. The first-order valence-corrected chi connectivity index (χ1v) is 5.27. The first kappa shape index (κ1) is 12.0. The van der Waals surface area contributed by atoms with Gasteiger partial charge in [-0.2, -0.15) is 0 Å². The highest BCUT2D eigenvalue weighted by Crippen LogP contribution is 2.24. The summed E-state index contributed by atoms with van der Waals surface area (Å²) in [5.74, 6) is -1.11. The van der Waals surface area contributed by atoms with E-state index in [9.17, 15) is 14.0 Å². The first-order chi connectivity index (χ1) is 8.63. The molecule has 0 unspecified atom stereocenters. The van der Waals surface area contributed by atoms with Crippen molar-refractivity contribution in [2.24, 2.45) is 5.73 Å². The van der Waals surface area contributed by atoms with Gasteiger partial charge in [0.05, 0.1) is 5.56 Å². The van der Waals surface area contributed by atoms with Crippen LogP contribution in [0.1, 0.15) is 20.7 Å². The van der Waals surface area contributed by atoms with Crippen molar-refractivity contribution in [3.63, 3.8) is 0 Å². The molecule has 0 bridgehead atoms. The number of aldehydes is 1. The molecule has 0 radical (unpaired) electrons. The summed E-state index contributed by atoms with van der Waals surface area (Å²) >= 11 is 0. The molecule has 0 saturated heterocycles. The second kappa shape index (κ2) is 4.79. The summed E-state index contributed by atoms with van der Waals surface area (Å²) in [6.07, 6.45) is 0.469. The van der Waals surface area contributed by atoms with Gasteiger partial charge in [0.1, 0.15) is 5.82 Å². The van der Waals surface area contributed by atoms with E-state index < -0.39 is 11.7 Å². The molecule has 0 saturated carbocycles. The first-order valence-electron chi connectivity index (χ1n) is 5.27. The van der Waals surface area contributed by atoms with Crippen molar-refractivity contribution in [1.82, 2.24) is 0 Å². The molecule has 0 aromatic heterocycles. The van der Waals surface area contributed by atoms with Crippen LogP contribution in [-0.4, -0.2) is 12.2 Å². The highest BCUT2D eigenvalue weighted by atomic mass is 19.1. The quantitative estimate of drug-likeness (QED) is 0.841. The van der Waals surface area contributed by atoms with E-state index in [2.05, 4.69) is 0 Å². The number of carbonyl (C=O) groups is 2. The van der Waals surface area contributed by atoms with E-state index in [-0.39, 0.29) is 5.56 Å². The van der Waals surface area contributed by atoms with E-state index >= 15 is 0 Å². The van der Waals surface area contributed by atoms with Gasteiger partial charge in [0.2, 0.25) is 5.91 Å². The Kier molecular flexibility index (Phi) is 3.19. The third-order valence-electron chi connectivity index (χ3n) is 2.64. The molecular formula is C14H10FNO2. The fourth-order valence-corrected chi connectivity index (χ4v) is 1.68. The number of hydrogen-bond acceptors (Lipinski definition) is 2. The molecule has 2 rings (SSSR count). The second-order valence-electron chi connectivity index (χ2n) is 3.77. The van der Waals surface area contributed by atoms with Crippen molar-refractivity contribution in [2.75, 3.05) is 0 Å². The molecular weight excluding hydrogens is 233 g/mol. The molecule has 1 amide bonds. The Morgan fingerprint density at radius 3 is 2.33 bits per heavy atom. The number of carbonyl (C=O) groups excluding carboxylic acids is 2. The zero-order valence-corrected chi connectivity index (χ0v) is 9.39. The Morgan fingerprint density at radius 2 is 1.78 bits per heavy atom. The molecule has 2 N–H and O–H groups in total. The second-order valence-corrected chi connectivity index (χ2v) is 3.77. The average molecular weight is 243 g/mol.